The summed E-state index contributed by atoms with van der Waals surface area (Å²) >= 11 is 0. The molecule has 0 saturated heterocycles. The van der Waals surface area contributed by atoms with Gasteiger partial charge in [0.1, 0.15) is 17.0 Å². The number of anilines is 1. The van der Waals surface area contributed by atoms with Gasteiger partial charge in [0.05, 0.1) is 12.8 Å². The lowest BCUT2D eigenvalue weighted by Gasteiger charge is -2.29. The molecule has 0 heterocycles. The van der Waals surface area contributed by atoms with Crippen molar-refractivity contribution in [3.05, 3.63) is 42.5 Å². The third-order valence-corrected chi connectivity index (χ3v) is 3.76. The fourth-order valence-electron chi connectivity index (χ4n) is 2.32. The first-order valence-corrected chi connectivity index (χ1v) is 9.75. The zero-order chi connectivity index (χ0) is 20.9. The fourth-order valence-corrected chi connectivity index (χ4v) is 2.66. The van der Waals surface area contributed by atoms with E-state index in [0.29, 0.717) is 28.7 Å². The van der Waals surface area contributed by atoms with Gasteiger partial charge in [-0.3, -0.25) is 0 Å². The van der Waals surface area contributed by atoms with Crippen molar-refractivity contribution in [2.75, 3.05) is 11.9 Å². The summed E-state index contributed by atoms with van der Waals surface area (Å²) in [4.78, 5) is 7.15. The van der Waals surface area contributed by atoms with E-state index < -0.39 is 11.2 Å². The third kappa shape index (κ3) is 6.31. The Labute approximate surface area is 168 Å². The maximum atomic E-state index is 11.8. The van der Waals surface area contributed by atoms with Gasteiger partial charge in [0.15, 0.2) is 5.75 Å². The summed E-state index contributed by atoms with van der Waals surface area (Å²) in [6.45, 7) is 11.7. The molecule has 0 unspecified atom stereocenters. The average Bonchev–Trinajstić information content (AvgIpc) is 2.59. The van der Waals surface area contributed by atoms with Gasteiger partial charge in [-0.2, -0.15) is 0 Å². The van der Waals surface area contributed by atoms with Crippen molar-refractivity contribution >= 4 is 14.3 Å². The van der Waals surface area contributed by atoms with Crippen molar-refractivity contribution in [1.29, 1.82) is 0 Å². The van der Waals surface area contributed by atoms with Gasteiger partial charge in [-0.05, 0) is 65.8 Å². The number of benzene rings is 2. The van der Waals surface area contributed by atoms with Crippen molar-refractivity contribution in [3.8, 4) is 23.0 Å². The molecule has 7 heteroatoms. The summed E-state index contributed by atoms with van der Waals surface area (Å²) in [5.41, 5.74) is -0.330. The second-order valence-corrected chi connectivity index (χ2v) is 8.69. The summed E-state index contributed by atoms with van der Waals surface area (Å²) in [5.74, 6) is 2.02. The summed E-state index contributed by atoms with van der Waals surface area (Å²) in [5, 5.41) is 0. The highest BCUT2D eigenvalue weighted by atomic mass is 31.1. The average molecular weight is 405 g/mol. The first-order chi connectivity index (χ1) is 13.0. The number of methoxy groups -OCH3 is 1. The van der Waals surface area contributed by atoms with Crippen LogP contribution in [0.3, 0.4) is 0 Å². The number of ether oxygens (including phenoxy) is 3. The molecule has 0 N–H and O–H groups in total. The monoisotopic (exact) mass is 405 g/mol. The van der Waals surface area contributed by atoms with Crippen molar-refractivity contribution in [1.82, 2.24) is 0 Å². The van der Waals surface area contributed by atoms with Crippen LogP contribution in [0, 0.1) is 0 Å². The van der Waals surface area contributed by atoms with Crippen LogP contribution in [-0.4, -0.2) is 18.3 Å². The minimum absolute atomic E-state index is 0.339. The van der Waals surface area contributed by atoms with Gasteiger partial charge >= 0.3 is 8.61 Å². The number of hydrogen-bond acceptors (Lipinski definition) is 5. The zero-order valence-electron chi connectivity index (χ0n) is 17.5. The Kier molecular flexibility index (Phi) is 6.78. The van der Waals surface area contributed by atoms with Gasteiger partial charge < -0.3 is 19.0 Å². The lowest BCUT2D eigenvalue weighted by molar-refractivity contribution is 0.0915. The van der Waals surface area contributed by atoms with Crippen molar-refractivity contribution in [2.24, 2.45) is 0 Å². The quantitative estimate of drug-likeness (QED) is 0.412. The van der Waals surface area contributed by atoms with E-state index in [1.807, 2.05) is 47.6 Å². The molecule has 6 nitrogen and oxygen atoms in total. The maximum absolute atomic E-state index is 11.8. The molecule has 0 spiro atoms. The van der Waals surface area contributed by atoms with Crippen LogP contribution < -0.4 is 23.9 Å². The molecule has 0 radical (unpaired) electrons. The Hall–Kier alpha value is -2.46. The van der Waals surface area contributed by atoms with Crippen LogP contribution in [0.15, 0.2) is 42.5 Å². The van der Waals surface area contributed by atoms with Crippen LogP contribution in [0.25, 0.3) is 0 Å². The van der Waals surface area contributed by atoms with Gasteiger partial charge in [0.25, 0.3) is 0 Å². The summed E-state index contributed by atoms with van der Waals surface area (Å²) in [7, 11) is 1.23. The van der Waals surface area contributed by atoms with Crippen molar-refractivity contribution < 1.29 is 23.6 Å². The van der Waals surface area contributed by atoms with Gasteiger partial charge in [-0.25, -0.2) is 4.57 Å². The van der Waals surface area contributed by atoms with Crippen molar-refractivity contribution in [3.63, 3.8) is 0 Å². The number of para-hydroxylation sites is 1. The highest BCUT2D eigenvalue weighted by molar-refractivity contribution is 7.25. The SMILES string of the molecule is COc1cccc(N(Oc2cccc(OC(C)(C)C)c2OC(C)(C)C)P=O)c1. The Bertz CT molecular complexity index is 811. The van der Waals surface area contributed by atoms with Gasteiger partial charge in [0, 0.05) is 6.07 Å². The lowest BCUT2D eigenvalue weighted by Crippen LogP contribution is -2.27. The predicted octanol–water partition coefficient (Wildman–Crippen LogP) is 6.06. The largest absolute Gasteiger partial charge is 0.497 e. The molecule has 0 amide bonds. The number of rotatable bonds is 7. The Balaban J connectivity index is 2.44. The summed E-state index contributed by atoms with van der Waals surface area (Å²) < 4.78 is 29.2. The maximum Gasteiger partial charge on any atom is 0.318 e. The van der Waals surface area contributed by atoms with Crippen LogP contribution in [0.5, 0.6) is 23.0 Å². The molecule has 0 bridgehead atoms. The van der Waals surface area contributed by atoms with E-state index >= 15 is 0 Å². The molecule has 0 saturated carbocycles. The van der Waals surface area contributed by atoms with E-state index in [1.54, 1.807) is 43.5 Å². The molecule has 0 aliphatic carbocycles. The van der Waals surface area contributed by atoms with Crippen molar-refractivity contribution in [2.45, 2.75) is 52.7 Å². The molecule has 2 aromatic rings. The smallest absolute Gasteiger partial charge is 0.318 e. The van der Waals surface area contributed by atoms with Crippen LogP contribution in [0.2, 0.25) is 0 Å². The molecule has 0 atom stereocenters. The van der Waals surface area contributed by atoms with Crippen LogP contribution in [0.1, 0.15) is 41.5 Å². The summed E-state index contributed by atoms with van der Waals surface area (Å²) in [6, 6.07) is 12.5. The molecular formula is C21H28NO5P. The Morgan fingerprint density at radius 3 is 2.04 bits per heavy atom. The first kappa shape index (κ1) is 21.8. The zero-order valence-corrected chi connectivity index (χ0v) is 18.4. The second kappa shape index (κ2) is 8.70. The van der Waals surface area contributed by atoms with Crippen LogP contribution in [0.4, 0.5) is 5.69 Å². The third-order valence-electron chi connectivity index (χ3n) is 3.30. The molecule has 2 rings (SSSR count). The number of nitrogens with zero attached hydrogens (tertiary/aromatic N) is 1. The van der Waals surface area contributed by atoms with E-state index in [-0.39, 0.29) is 8.61 Å². The number of hydrogen-bond donors (Lipinski definition) is 0. The molecular weight excluding hydrogens is 377 g/mol. The fraction of sp³-hybridized carbons (Fsp3) is 0.429. The first-order valence-electron chi connectivity index (χ1n) is 8.99. The van der Waals surface area contributed by atoms with E-state index in [4.69, 9.17) is 19.0 Å². The van der Waals surface area contributed by atoms with Gasteiger partial charge in [0.2, 0.25) is 11.5 Å². The Morgan fingerprint density at radius 1 is 0.857 bits per heavy atom. The Morgan fingerprint density at radius 2 is 1.46 bits per heavy atom. The highest BCUT2D eigenvalue weighted by Gasteiger charge is 2.25. The molecule has 0 fully saturated rings. The molecule has 0 aliphatic heterocycles. The summed E-state index contributed by atoms with van der Waals surface area (Å²) in [6.07, 6.45) is 0. The highest BCUT2D eigenvalue weighted by Crippen LogP contribution is 2.42. The van der Waals surface area contributed by atoms with Gasteiger partial charge in [-0.1, -0.05) is 12.1 Å². The standard InChI is InChI=1S/C21H28NO5P/c1-20(2,3)25-17-12-9-13-18(19(17)26-21(4,5)6)27-22(28-23)15-10-8-11-16(14-15)24-7/h8-14H,1-7H3. The lowest BCUT2D eigenvalue weighted by atomic mass is 10.1. The molecule has 2 aromatic carbocycles. The van der Waals surface area contributed by atoms with E-state index in [9.17, 15) is 4.57 Å². The van der Waals surface area contributed by atoms with E-state index in [1.165, 1.54) is 4.83 Å². The second-order valence-electron chi connectivity index (χ2n) is 8.16. The van der Waals surface area contributed by atoms with Crippen LogP contribution >= 0.6 is 8.61 Å². The normalized spacial score (nSPS) is 11.8. The minimum atomic E-state index is -0.481. The van der Waals surface area contributed by atoms with E-state index in [2.05, 4.69) is 0 Å². The topological polar surface area (TPSA) is 57.2 Å². The molecule has 0 aliphatic rings. The van der Waals surface area contributed by atoms with Gasteiger partial charge in [-0.15, -0.1) is 4.83 Å². The van der Waals surface area contributed by atoms with E-state index in [0.717, 1.165) is 0 Å². The molecule has 0 aromatic heterocycles. The van der Waals surface area contributed by atoms with Crippen LogP contribution in [-0.2, 0) is 4.57 Å². The molecule has 28 heavy (non-hydrogen) atoms. The minimum Gasteiger partial charge on any atom is -0.497 e. The predicted molar refractivity (Wildman–Crippen MR) is 111 cm³/mol. The molecule has 152 valence electrons.